The second-order valence-electron chi connectivity index (χ2n) is 6.57. The van der Waals surface area contributed by atoms with Crippen LogP contribution in [0.15, 0.2) is 36.4 Å². The zero-order valence-corrected chi connectivity index (χ0v) is 15.7. The van der Waals surface area contributed by atoms with Crippen molar-refractivity contribution in [1.82, 2.24) is 0 Å². The number of fused-ring (bicyclic) bond motifs is 1. The number of ether oxygens (including phenoxy) is 2. The van der Waals surface area contributed by atoms with Crippen LogP contribution in [0, 0.1) is 11.3 Å². The van der Waals surface area contributed by atoms with Gasteiger partial charge in [-0.15, -0.1) is 0 Å². The Morgan fingerprint density at radius 3 is 2.96 bits per heavy atom. The molecule has 0 spiro atoms. The molecule has 2 unspecified atom stereocenters. The third-order valence-corrected chi connectivity index (χ3v) is 4.32. The van der Waals surface area contributed by atoms with Crippen molar-refractivity contribution in [3.63, 3.8) is 0 Å². The molecular weight excluding hydrogens is 342 g/mol. The van der Waals surface area contributed by atoms with Crippen LogP contribution >= 0.6 is 0 Å². The van der Waals surface area contributed by atoms with Crippen LogP contribution in [-0.2, 0) is 11.2 Å². The number of anilines is 2. The van der Waals surface area contributed by atoms with Crippen molar-refractivity contribution in [2.45, 2.75) is 39.3 Å². The quantitative estimate of drug-likeness (QED) is 0.815. The maximum Gasteiger partial charge on any atom is 0.246 e. The second kappa shape index (κ2) is 8.00. The molecule has 0 bridgehead atoms. The topological polar surface area (TPSA) is 83.4 Å². The minimum absolute atomic E-state index is 0.137. The Hall–Kier alpha value is -3.20. The minimum atomic E-state index is -0.508. The summed E-state index contributed by atoms with van der Waals surface area (Å²) in [6, 6.07) is 12.2. The first kappa shape index (κ1) is 18.6. The summed E-state index contributed by atoms with van der Waals surface area (Å²) >= 11 is 0. The van der Waals surface area contributed by atoms with Crippen LogP contribution in [0.25, 0.3) is 0 Å². The van der Waals surface area contributed by atoms with E-state index in [9.17, 15) is 4.79 Å². The number of benzene rings is 2. The predicted molar refractivity (Wildman–Crippen MR) is 104 cm³/mol. The molecule has 0 aliphatic carbocycles. The number of rotatable bonds is 6. The maximum atomic E-state index is 12.5. The highest BCUT2D eigenvalue weighted by Crippen LogP contribution is 2.38. The molecule has 2 aromatic carbocycles. The van der Waals surface area contributed by atoms with E-state index in [0.717, 1.165) is 23.4 Å². The van der Waals surface area contributed by atoms with Gasteiger partial charge >= 0.3 is 0 Å². The molecule has 6 heteroatoms. The summed E-state index contributed by atoms with van der Waals surface area (Å²) in [5, 5.41) is 15.0. The Morgan fingerprint density at radius 2 is 2.22 bits per heavy atom. The summed E-state index contributed by atoms with van der Waals surface area (Å²) in [5.41, 5.74) is 2.92. The lowest BCUT2D eigenvalue weighted by atomic mass is 10.1. The van der Waals surface area contributed by atoms with Crippen molar-refractivity contribution in [3.05, 3.63) is 47.5 Å². The van der Waals surface area contributed by atoms with Crippen LogP contribution < -0.4 is 20.1 Å². The molecule has 140 valence electrons. The standard InChI is InChI=1S/C21H23N3O3/c1-4-26-20-10-16-8-13(2)27-19(16)11-18(20)23-14(3)21(25)24-17-7-5-6-15(9-17)12-22/h5-7,9-11,13-14,23H,4,8H2,1-3H3,(H,24,25). The van der Waals surface area contributed by atoms with Gasteiger partial charge in [-0.1, -0.05) is 6.07 Å². The Kier molecular flexibility index (Phi) is 5.51. The molecule has 2 N–H and O–H groups in total. The third-order valence-electron chi connectivity index (χ3n) is 4.32. The highest BCUT2D eigenvalue weighted by atomic mass is 16.5. The molecule has 0 saturated heterocycles. The highest BCUT2D eigenvalue weighted by molar-refractivity contribution is 5.96. The summed E-state index contributed by atoms with van der Waals surface area (Å²) in [4.78, 5) is 12.5. The lowest BCUT2D eigenvalue weighted by Crippen LogP contribution is -2.32. The SMILES string of the molecule is CCOc1cc2c(cc1NC(C)C(=O)Nc1cccc(C#N)c1)OC(C)C2. The molecule has 1 aliphatic rings. The third kappa shape index (κ3) is 4.32. The van der Waals surface area contributed by atoms with E-state index in [1.54, 1.807) is 31.2 Å². The smallest absolute Gasteiger partial charge is 0.246 e. The van der Waals surface area contributed by atoms with E-state index in [1.165, 1.54) is 0 Å². The van der Waals surface area contributed by atoms with Crippen LogP contribution in [-0.4, -0.2) is 24.7 Å². The molecule has 2 aromatic rings. The summed E-state index contributed by atoms with van der Waals surface area (Å²) in [7, 11) is 0. The van der Waals surface area contributed by atoms with Crippen LogP contribution in [0.1, 0.15) is 31.9 Å². The van der Waals surface area contributed by atoms with Gasteiger partial charge in [0.1, 0.15) is 23.6 Å². The van der Waals surface area contributed by atoms with Crippen molar-refractivity contribution in [3.8, 4) is 17.6 Å². The van der Waals surface area contributed by atoms with Crippen molar-refractivity contribution in [1.29, 1.82) is 5.26 Å². The Labute approximate surface area is 159 Å². The molecule has 0 saturated carbocycles. The number of carbonyl (C=O) groups is 1. The largest absolute Gasteiger partial charge is 0.492 e. The summed E-state index contributed by atoms with van der Waals surface area (Å²) in [6.45, 7) is 6.26. The first-order chi connectivity index (χ1) is 13.0. The Bertz CT molecular complexity index is 889. The lowest BCUT2D eigenvalue weighted by Gasteiger charge is -2.19. The molecule has 6 nitrogen and oxygen atoms in total. The monoisotopic (exact) mass is 365 g/mol. The van der Waals surface area contributed by atoms with Crippen LogP contribution in [0.2, 0.25) is 0 Å². The summed E-state index contributed by atoms with van der Waals surface area (Å²) < 4.78 is 11.6. The van der Waals surface area contributed by atoms with E-state index in [4.69, 9.17) is 14.7 Å². The molecule has 1 amide bonds. The number of hydrogen-bond donors (Lipinski definition) is 2. The molecule has 2 atom stereocenters. The van der Waals surface area contributed by atoms with Gasteiger partial charge in [-0.25, -0.2) is 0 Å². The number of nitrogens with zero attached hydrogens (tertiary/aromatic N) is 1. The normalized spacial score (nSPS) is 15.9. The highest BCUT2D eigenvalue weighted by Gasteiger charge is 2.23. The molecule has 0 fully saturated rings. The van der Waals surface area contributed by atoms with E-state index in [0.29, 0.717) is 23.6 Å². The van der Waals surface area contributed by atoms with Gasteiger partial charge in [0.05, 0.1) is 23.9 Å². The van der Waals surface area contributed by atoms with E-state index in [-0.39, 0.29) is 12.0 Å². The predicted octanol–water partition coefficient (Wildman–Crippen LogP) is 3.72. The Balaban J connectivity index is 1.74. The molecule has 27 heavy (non-hydrogen) atoms. The van der Waals surface area contributed by atoms with Gasteiger partial charge < -0.3 is 20.1 Å². The first-order valence-corrected chi connectivity index (χ1v) is 9.04. The minimum Gasteiger partial charge on any atom is -0.492 e. The lowest BCUT2D eigenvalue weighted by molar-refractivity contribution is -0.116. The van der Waals surface area contributed by atoms with Gasteiger partial charge in [-0.3, -0.25) is 4.79 Å². The number of nitriles is 1. The van der Waals surface area contributed by atoms with Gasteiger partial charge in [0.25, 0.3) is 0 Å². The van der Waals surface area contributed by atoms with Gasteiger partial charge in [0.2, 0.25) is 5.91 Å². The Morgan fingerprint density at radius 1 is 1.41 bits per heavy atom. The molecular formula is C21H23N3O3. The molecule has 1 aliphatic heterocycles. The number of amides is 1. The molecule has 1 heterocycles. The van der Waals surface area contributed by atoms with Gasteiger partial charge in [-0.2, -0.15) is 5.26 Å². The fraction of sp³-hybridized carbons (Fsp3) is 0.333. The van der Waals surface area contributed by atoms with E-state index >= 15 is 0 Å². The number of nitrogens with one attached hydrogen (secondary N) is 2. The molecule has 3 rings (SSSR count). The van der Waals surface area contributed by atoms with Crippen LogP contribution in [0.4, 0.5) is 11.4 Å². The van der Waals surface area contributed by atoms with Gasteiger partial charge in [0, 0.05) is 23.7 Å². The zero-order chi connectivity index (χ0) is 19.4. The van der Waals surface area contributed by atoms with E-state index < -0.39 is 6.04 Å². The first-order valence-electron chi connectivity index (χ1n) is 9.04. The van der Waals surface area contributed by atoms with E-state index in [2.05, 4.69) is 16.7 Å². The van der Waals surface area contributed by atoms with Crippen molar-refractivity contribution < 1.29 is 14.3 Å². The van der Waals surface area contributed by atoms with Gasteiger partial charge in [-0.05, 0) is 45.0 Å². The number of hydrogen-bond acceptors (Lipinski definition) is 5. The molecule has 0 aromatic heterocycles. The molecule has 0 radical (unpaired) electrons. The summed E-state index contributed by atoms with van der Waals surface area (Å²) in [6.07, 6.45) is 0.985. The average Bonchev–Trinajstić information content (AvgIpc) is 3.01. The van der Waals surface area contributed by atoms with Crippen molar-refractivity contribution in [2.24, 2.45) is 0 Å². The van der Waals surface area contributed by atoms with Crippen LogP contribution in [0.5, 0.6) is 11.5 Å². The fourth-order valence-corrected chi connectivity index (χ4v) is 3.04. The fourth-order valence-electron chi connectivity index (χ4n) is 3.04. The maximum absolute atomic E-state index is 12.5. The average molecular weight is 365 g/mol. The summed E-state index contributed by atoms with van der Waals surface area (Å²) in [5.74, 6) is 1.32. The van der Waals surface area contributed by atoms with Crippen molar-refractivity contribution in [2.75, 3.05) is 17.2 Å². The van der Waals surface area contributed by atoms with Gasteiger partial charge in [0.15, 0.2) is 0 Å². The van der Waals surface area contributed by atoms with E-state index in [1.807, 2.05) is 26.0 Å². The van der Waals surface area contributed by atoms with Crippen molar-refractivity contribution >= 4 is 17.3 Å². The second-order valence-corrected chi connectivity index (χ2v) is 6.57. The number of carbonyl (C=O) groups excluding carboxylic acids is 1. The van der Waals surface area contributed by atoms with Crippen LogP contribution in [0.3, 0.4) is 0 Å². The zero-order valence-electron chi connectivity index (χ0n) is 15.7.